The van der Waals surface area contributed by atoms with Crippen molar-refractivity contribution in [2.45, 2.75) is 32.9 Å². The van der Waals surface area contributed by atoms with E-state index in [0.29, 0.717) is 6.54 Å². The molecule has 1 aliphatic heterocycles. The van der Waals surface area contributed by atoms with E-state index in [2.05, 4.69) is 19.1 Å². The zero-order chi connectivity index (χ0) is 12.6. The van der Waals surface area contributed by atoms with Crippen molar-refractivity contribution in [1.82, 2.24) is 4.90 Å². The van der Waals surface area contributed by atoms with Crippen LogP contribution in [0.25, 0.3) is 0 Å². The molecule has 0 saturated carbocycles. The maximum atomic E-state index is 12.3. The van der Waals surface area contributed by atoms with Crippen molar-refractivity contribution in [2.75, 3.05) is 6.54 Å². The van der Waals surface area contributed by atoms with E-state index in [1.165, 1.54) is 0 Å². The van der Waals surface area contributed by atoms with Crippen LogP contribution in [0.2, 0.25) is 0 Å². The van der Waals surface area contributed by atoms with Crippen LogP contribution in [0.4, 0.5) is 0 Å². The predicted octanol–water partition coefficient (Wildman–Crippen LogP) is 1.94. The van der Waals surface area contributed by atoms with Crippen LogP contribution < -0.4 is 5.73 Å². The third-order valence-electron chi connectivity index (χ3n) is 3.88. The Kier molecular flexibility index (Phi) is 2.96. The smallest absolute Gasteiger partial charge is 0.230 e. The molecule has 1 unspecified atom stereocenters. The van der Waals surface area contributed by atoms with Gasteiger partial charge in [0.2, 0.25) is 5.91 Å². The van der Waals surface area contributed by atoms with Crippen molar-refractivity contribution in [1.29, 1.82) is 0 Å². The summed E-state index contributed by atoms with van der Waals surface area (Å²) in [5.74, 6) is 0.154. The molecule has 1 fully saturated rings. The fraction of sp³-hybridized carbons (Fsp3) is 0.500. The topological polar surface area (TPSA) is 46.3 Å². The van der Waals surface area contributed by atoms with Crippen LogP contribution in [-0.4, -0.2) is 23.4 Å². The van der Waals surface area contributed by atoms with Gasteiger partial charge in [-0.05, 0) is 26.3 Å². The quantitative estimate of drug-likeness (QED) is 0.847. The van der Waals surface area contributed by atoms with Gasteiger partial charge in [-0.3, -0.25) is 4.79 Å². The number of likely N-dealkylation sites (tertiary alicyclic amines) is 1. The number of nitrogens with two attached hydrogens (primary N) is 1. The average molecular weight is 232 g/mol. The van der Waals surface area contributed by atoms with Crippen molar-refractivity contribution in [2.24, 2.45) is 11.1 Å². The molecular weight excluding hydrogens is 212 g/mol. The zero-order valence-corrected chi connectivity index (χ0v) is 10.7. The van der Waals surface area contributed by atoms with Gasteiger partial charge in [0.1, 0.15) is 0 Å². The lowest BCUT2D eigenvalue weighted by molar-refractivity contribution is -0.136. The monoisotopic (exact) mass is 232 g/mol. The van der Waals surface area contributed by atoms with Gasteiger partial charge in [-0.1, -0.05) is 30.3 Å². The summed E-state index contributed by atoms with van der Waals surface area (Å²) in [7, 11) is 0. The van der Waals surface area contributed by atoms with Crippen molar-refractivity contribution >= 4 is 5.91 Å². The highest BCUT2D eigenvalue weighted by atomic mass is 16.2. The molecule has 17 heavy (non-hydrogen) atoms. The Morgan fingerprint density at radius 3 is 2.41 bits per heavy atom. The second-order valence-electron chi connectivity index (χ2n) is 5.37. The summed E-state index contributed by atoms with van der Waals surface area (Å²) in [4.78, 5) is 14.2. The van der Waals surface area contributed by atoms with E-state index < -0.39 is 5.41 Å². The van der Waals surface area contributed by atoms with E-state index in [-0.39, 0.29) is 18.0 Å². The lowest BCUT2D eigenvalue weighted by Gasteiger charge is -2.26. The lowest BCUT2D eigenvalue weighted by Crippen LogP contribution is -2.37. The summed E-state index contributed by atoms with van der Waals surface area (Å²) in [6, 6.07) is 10.1. The highest BCUT2D eigenvalue weighted by Gasteiger charge is 2.46. The van der Waals surface area contributed by atoms with E-state index in [1.54, 1.807) is 0 Å². The number of benzene rings is 1. The highest BCUT2D eigenvalue weighted by molar-refractivity contribution is 5.85. The lowest BCUT2D eigenvalue weighted by atomic mass is 9.88. The Morgan fingerprint density at radius 1 is 1.35 bits per heavy atom. The maximum absolute atomic E-state index is 12.3. The van der Waals surface area contributed by atoms with E-state index >= 15 is 0 Å². The first-order chi connectivity index (χ1) is 7.94. The van der Waals surface area contributed by atoms with Crippen molar-refractivity contribution in [3.8, 4) is 0 Å². The summed E-state index contributed by atoms with van der Waals surface area (Å²) in [6.45, 7) is 6.55. The average Bonchev–Trinajstić information content (AvgIpc) is 2.53. The van der Waals surface area contributed by atoms with Crippen LogP contribution in [0.3, 0.4) is 0 Å². The Labute approximate surface area is 103 Å². The van der Waals surface area contributed by atoms with Gasteiger partial charge in [-0.15, -0.1) is 0 Å². The predicted molar refractivity (Wildman–Crippen MR) is 68.3 cm³/mol. The minimum atomic E-state index is -0.441. The van der Waals surface area contributed by atoms with E-state index in [9.17, 15) is 4.79 Å². The molecular formula is C14H20N2O. The molecule has 0 aliphatic carbocycles. The molecule has 1 aromatic carbocycles. The van der Waals surface area contributed by atoms with Crippen molar-refractivity contribution < 1.29 is 4.79 Å². The third-order valence-corrected chi connectivity index (χ3v) is 3.88. The minimum Gasteiger partial charge on any atom is -0.334 e. The second kappa shape index (κ2) is 4.15. The molecule has 0 aromatic heterocycles. The molecule has 1 heterocycles. The molecule has 3 heteroatoms. The Bertz CT molecular complexity index is 413. The van der Waals surface area contributed by atoms with Crippen LogP contribution >= 0.6 is 0 Å². The van der Waals surface area contributed by atoms with Crippen molar-refractivity contribution in [3.63, 3.8) is 0 Å². The van der Waals surface area contributed by atoms with Gasteiger partial charge in [0, 0.05) is 12.6 Å². The van der Waals surface area contributed by atoms with Gasteiger partial charge in [-0.2, -0.15) is 0 Å². The molecule has 2 atom stereocenters. The summed E-state index contributed by atoms with van der Waals surface area (Å²) < 4.78 is 0. The normalized spacial score (nSPS) is 25.1. The molecule has 1 amide bonds. The van der Waals surface area contributed by atoms with Gasteiger partial charge in [-0.25, -0.2) is 0 Å². The first-order valence-corrected chi connectivity index (χ1v) is 6.06. The van der Waals surface area contributed by atoms with Crippen molar-refractivity contribution in [3.05, 3.63) is 35.9 Å². The van der Waals surface area contributed by atoms with Crippen LogP contribution in [0, 0.1) is 5.41 Å². The van der Waals surface area contributed by atoms with Crippen LogP contribution in [0.1, 0.15) is 32.4 Å². The number of rotatable bonds is 2. The molecule has 0 bridgehead atoms. The first kappa shape index (κ1) is 12.1. The Balaban J connectivity index is 2.23. The molecule has 1 aromatic rings. The molecule has 1 aliphatic rings. The van der Waals surface area contributed by atoms with Crippen LogP contribution in [0.5, 0.6) is 0 Å². The van der Waals surface area contributed by atoms with E-state index in [4.69, 9.17) is 5.73 Å². The molecule has 2 rings (SSSR count). The third kappa shape index (κ3) is 1.95. The Morgan fingerprint density at radius 2 is 1.94 bits per heavy atom. The molecule has 1 saturated heterocycles. The standard InChI is InChI=1S/C14H20N2O/c1-10(11-7-5-4-6-8-11)16-9-12(15)14(2,3)13(16)17/h4-8,10,12H,9,15H2,1-3H3/t10?,12-/m1/s1. The molecule has 0 spiro atoms. The number of nitrogens with zero attached hydrogens (tertiary/aromatic N) is 1. The summed E-state index contributed by atoms with van der Waals surface area (Å²) in [6.07, 6.45) is 0. The number of hydrogen-bond acceptors (Lipinski definition) is 2. The zero-order valence-electron chi connectivity index (χ0n) is 10.7. The van der Waals surface area contributed by atoms with E-state index in [1.807, 2.05) is 36.9 Å². The highest BCUT2D eigenvalue weighted by Crippen LogP contribution is 2.35. The number of hydrogen-bond donors (Lipinski definition) is 1. The molecule has 2 N–H and O–H groups in total. The number of carbonyl (C=O) groups excluding carboxylic acids is 1. The maximum Gasteiger partial charge on any atom is 0.230 e. The largest absolute Gasteiger partial charge is 0.334 e. The fourth-order valence-corrected chi connectivity index (χ4v) is 2.30. The number of amides is 1. The summed E-state index contributed by atoms with van der Waals surface area (Å²) in [5, 5.41) is 0. The minimum absolute atomic E-state index is 0.0823. The van der Waals surface area contributed by atoms with E-state index in [0.717, 1.165) is 5.56 Å². The fourth-order valence-electron chi connectivity index (χ4n) is 2.30. The number of carbonyl (C=O) groups is 1. The molecule has 0 radical (unpaired) electrons. The Hall–Kier alpha value is -1.35. The molecule has 3 nitrogen and oxygen atoms in total. The SMILES string of the molecule is CC(c1ccccc1)N1C[C@@H](N)C(C)(C)C1=O. The van der Waals surface area contributed by atoms with Crippen LogP contribution in [-0.2, 0) is 4.79 Å². The van der Waals surface area contributed by atoms with Gasteiger partial charge in [0.25, 0.3) is 0 Å². The van der Waals surface area contributed by atoms with Gasteiger partial charge in [0.15, 0.2) is 0 Å². The summed E-state index contributed by atoms with van der Waals surface area (Å²) in [5.41, 5.74) is 6.76. The van der Waals surface area contributed by atoms with Crippen LogP contribution in [0.15, 0.2) is 30.3 Å². The summed E-state index contributed by atoms with van der Waals surface area (Å²) >= 11 is 0. The van der Waals surface area contributed by atoms with Gasteiger partial charge < -0.3 is 10.6 Å². The van der Waals surface area contributed by atoms with Gasteiger partial charge >= 0.3 is 0 Å². The first-order valence-electron chi connectivity index (χ1n) is 6.06. The molecule has 92 valence electrons. The second-order valence-corrected chi connectivity index (χ2v) is 5.37. The van der Waals surface area contributed by atoms with Gasteiger partial charge in [0.05, 0.1) is 11.5 Å².